The van der Waals surface area contributed by atoms with Crippen LogP contribution in [-0.2, 0) is 12.8 Å². The summed E-state index contributed by atoms with van der Waals surface area (Å²) in [6, 6.07) is 17.0. The van der Waals surface area contributed by atoms with Gasteiger partial charge in [-0.25, -0.2) is 0 Å². The number of carbonyl (C=O) groups excluding carboxylic acids is 2. The minimum Gasteiger partial charge on any atom is -0.507 e. The third-order valence-corrected chi connectivity index (χ3v) is 7.97. The highest BCUT2D eigenvalue weighted by atomic mass is 16.3. The first-order valence-electron chi connectivity index (χ1n) is 13.7. The van der Waals surface area contributed by atoms with Gasteiger partial charge in [0.25, 0.3) is 0 Å². The van der Waals surface area contributed by atoms with E-state index in [2.05, 4.69) is 4.98 Å². The molecule has 1 heterocycles. The molecule has 0 fully saturated rings. The summed E-state index contributed by atoms with van der Waals surface area (Å²) in [6.45, 7) is 8.06. The van der Waals surface area contributed by atoms with Gasteiger partial charge in [0.1, 0.15) is 23.0 Å². The molecule has 0 saturated heterocycles. The Morgan fingerprint density at radius 2 is 1.12 bits per heavy atom. The molecule has 0 bridgehead atoms. The standard InChI is InChI=1S/C35H33NO6/c1-17-6-8-22(9-7-17)23-10-11-30-26(14-23)27(15-28-32(39)18(2)12-24(20(4)37)34(28)41)31(36-30)16-29-33(40)19(3)13-25(21(5)38)35(29)42/h6-14,36,39-42H,15-16H2,1-5H3. The maximum atomic E-state index is 12.3. The number of aromatic amines is 1. The number of carbonyl (C=O) groups is 2. The molecule has 42 heavy (non-hydrogen) atoms. The van der Waals surface area contributed by atoms with Crippen molar-refractivity contribution in [3.05, 3.63) is 105 Å². The van der Waals surface area contributed by atoms with Gasteiger partial charge in [-0.15, -0.1) is 0 Å². The van der Waals surface area contributed by atoms with Crippen molar-refractivity contribution in [2.75, 3.05) is 0 Å². The van der Waals surface area contributed by atoms with Gasteiger partial charge in [-0.1, -0.05) is 35.9 Å². The number of phenols is 4. The Morgan fingerprint density at radius 1 is 0.619 bits per heavy atom. The van der Waals surface area contributed by atoms with Gasteiger partial charge in [0.2, 0.25) is 0 Å². The lowest BCUT2D eigenvalue weighted by atomic mass is 9.91. The minimum atomic E-state index is -0.331. The van der Waals surface area contributed by atoms with Crippen molar-refractivity contribution < 1.29 is 30.0 Å². The van der Waals surface area contributed by atoms with E-state index in [-0.39, 0.29) is 69.7 Å². The van der Waals surface area contributed by atoms with Gasteiger partial charge in [0.05, 0.1) is 11.1 Å². The average molecular weight is 564 g/mol. The first-order valence-corrected chi connectivity index (χ1v) is 13.7. The molecule has 1 aromatic heterocycles. The molecule has 7 nitrogen and oxygen atoms in total. The Balaban J connectivity index is 1.75. The fraction of sp³-hybridized carbons (Fsp3) is 0.200. The lowest BCUT2D eigenvalue weighted by Crippen LogP contribution is -2.03. The summed E-state index contributed by atoms with van der Waals surface area (Å²) < 4.78 is 0. The molecule has 5 N–H and O–H groups in total. The van der Waals surface area contributed by atoms with Gasteiger partial charge in [-0.2, -0.15) is 0 Å². The number of aromatic hydroxyl groups is 4. The Labute approximate surface area is 243 Å². The van der Waals surface area contributed by atoms with Crippen molar-refractivity contribution in [2.45, 2.75) is 47.5 Å². The topological polar surface area (TPSA) is 131 Å². The van der Waals surface area contributed by atoms with Crippen molar-refractivity contribution in [1.82, 2.24) is 4.98 Å². The fourth-order valence-electron chi connectivity index (χ4n) is 5.54. The summed E-state index contributed by atoms with van der Waals surface area (Å²) in [5.41, 5.74) is 6.71. The first kappa shape index (κ1) is 28.5. The predicted octanol–water partition coefficient (Wildman–Crippen LogP) is 7.17. The van der Waals surface area contributed by atoms with Crippen LogP contribution in [0.3, 0.4) is 0 Å². The minimum absolute atomic E-state index is 0.0381. The Kier molecular flexibility index (Phi) is 7.29. The summed E-state index contributed by atoms with van der Waals surface area (Å²) in [5, 5.41) is 44.9. The van der Waals surface area contributed by atoms with Crippen LogP contribution in [-0.4, -0.2) is 37.0 Å². The van der Waals surface area contributed by atoms with Gasteiger partial charge in [0.15, 0.2) is 11.6 Å². The van der Waals surface area contributed by atoms with Gasteiger partial charge in [0, 0.05) is 40.6 Å². The molecule has 0 aliphatic rings. The zero-order chi connectivity index (χ0) is 30.5. The van der Waals surface area contributed by atoms with Crippen LogP contribution in [0.1, 0.15) is 73.6 Å². The second-order valence-electron chi connectivity index (χ2n) is 11.0. The monoisotopic (exact) mass is 563 g/mol. The van der Waals surface area contributed by atoms with E-state index in [9.17, 15) is 30.0 Å². The maximum Gasteiger partial charge on any atom is 0.163 e. The number of H-pyrrole nitrogens is 1. The number of benzene rings is 4. The number of aromatic nitrogens is 1. The van der Waals surface area contributed by atoms with Crippen LogP contribution in [0.15, 0.2) is 54.6 Å². The van der Waals surface area contributed by atoms with E-state index in [1.54, 1.807) is 13.8 Å². The Hall–Kier alpha value is -5.04. The van der Waals surface area contributed by atoms with E-state index < -0.39 is 0 Å². The third kappa shape index (κ3) is 4.98. The van der Waals surface area contributed by atoms with Gasteiger partial charge in [-0.05, 0) is 86.7 Å². The SMILES string of the molecule is CC(=O)c1cc(C)c(O)c(Cc2[nH]c3ccc(-c4ccc(C)cc4)cc3c2Cc2c(O)c(C)cc(C(C)=O)c2O)c1O. The summed E-state index contributed by atoms with van der Waals surface area (Å²) >= 11 is 0. The molecule has 0 saturated carbocycles. The number of aryl methyl sites for hydroxylation is 3. The summed E-state index contributed by atoms with van der Waals surface area (Å²) in [5.74, 6) is -1.49. The molecule has 0 aliphatic heterocycles. The maximum absolute atomic E-state index is 12.3. The van der Waals surface area contributed by atoms with E-state index >= 15 is 0 Å². The lowest BCUT2D eigenvalue weighted by Gasteiger charge is -2.16. The summed E-state index contributed by atoms with van der Waals surface area (Å²) in [6.07, 6.45) is 0.0929. The zero-order valence-corrected chi connectivity index (χ0v) is 24.2. The van der Waals surface area contributed by atoms with Crippen molar-refractivity contribution in [2.24, 2.45) is 0 Å². The largest absolute Gasteiger partial charge is 0.507 e. The van der Waals surface area contributed by atoms with Gasteiger partial charge in [-0.3, -0.25) is 9.59 Å². The highest BCUT2D eigenvalue weighted by molar-refractivity contribution is 5.99. The zero-order valence-electron chi connectivity index (χ0n) is 24.2. The van der Waals surface area contributed by atoms with Crippen molar-refractivity contribution in [3.8, 4) is 34.1 Å². The lowest BCUT2D eigenvalue weighted by molar-refractivity contribution is 0.100. The molecule has 0 spiro atoms. The van der Waals surface area contributed by atoms with Crippen LogP contribution in [0.4, 0.5) is 0 Å². The number of phenolic OH excluding ortho intramolecular Hbond substituents is 4. The third-order valence-electron chi connectivity index (χ3n) is 7.97. The van der Waals surface area contributed by atoms with Crippen LogP contribution < -0.4 is 0 Å². The van der Waals surface area contributed by atoms with E-state index in [1.807, 2.05) is 49.4 Å². The molecule has 5 aromatic rings. The molecule has 0 unspecified atom stereocenters. The number of rotatable bonds is 7. The van der Waals surface area contributed by atoms with Gasteiger partial charge < -0.3 is 25.4 Å². The highest BCUT2D eigenvalue weighted by Gasteiger charge is 2.24. The van der Waals surface area contributed by atoms with Crippen LogP contribution in [0, 0.1) is 20.8 Å². The smallest absolute Gasteiger partial charge is 0.163 e. The van der Waals surface area contributed by atoms with Crippen molar-refractivity contribution >= 4 is 22.5 Å². The Morgan fingerprint density at radius 3 is 1.64 bits per heavy atom. The number of fused-ring (bicyclic) bond motifs is 1. The summed E-state index contributed by atoms with van der Waals surface area (Å²) in [4.78, 5) is 27.9. The Bertz CT molecular complexity index is 1900. The molecular weight excluding hydrogens is 530 g/mol. The molecule has 5 rings (SSSR count). The number of Topliss-reactive ketones (excluding diaryl/α,β-unsaturated/α-hetero) is 2. The van der Waals surface area contributed by atoms with Crippen molar-refractivity contribution in [1.29, 1.82) is 0 Å². The second kappa shape index (κ2) is 10.7. The molecule has 0 amide bonds. The molecular formula is C35H33NO6. The number of nitrogens with one attached hydrogen (secondary N) is 1. The molecule has 0 atom stereocenters. The number of hydrogen-bond donors (Lipinski definition) is 5. The molecule has 0 aliphatic carbocycles. The highest BCUT2D eigenvalue weighted by Crippen LogP contribution is 2.41. The van der Waals surface area contributed by atoms with Crippen LogP contribution in [0.25, 0.3) is 22.0 Å². The fourth-order valence-corrected chi connectivity index (χ4v) is 5.54. The van der Waals surface area contributed by atoms with Crippen LogP contribution >= 0.6 is 0 Å². The quantitative estimate of drug-likeness (QED) is 0.133. The number of hydrogen-bond acceptors (Lipinski definition) is 6. The molecule has 7 heteroatoms. The van der Waals surface area contributed by atoms with Crippen molar-refractivity contribution in [3.63, 3.8) is 0 Å². The average Bonchev–Trinajstić information content (AvgIpc) is 3.29. The molecule has 4 aromatic carbocycles. The summed E-state index contributed by atoms with van der Waals surface area (Å²) in [7, 11) is 0. The second-order valence-corrected chi connectivity index (χ2v) is 11.0. The van der Waals surface area contributed by atoms with Crippen LogP contribution in [0.2, 0.25) is 0 Å². The van der Waals surface area contributed by atoms with E-state index in [1.165, 1.54) is 26.0 Å². The number of ketones is 2. The molecule has 0 radical (unpaired) electrons. The van der Waals surface area contributed by atoms with Gasteiger partial charge >= 0.3 is 0 Å². The normalized spacial score (nSPS) is 11.3. The molecule has 214 valence electrons. The predicted molar refractivity (Wildman–Crippen MR) is 163 cm³/mol. The van der Waals surface area contributed by atoms with E-state index in [0.29, 0.717) is 22.4 Å². The first-order chi connectivity index (χ1) is 19.9. The van der Waals surface area contributed by atoms with E-state index in [0.717, 1.165) is 27.6 Å². The van der Waals surface area contributed by atoms with Crippen LogP contribution in [0.5, 0.6) is 23.0 Å². The van der Waals surface area contributed by atoms with E-state index in [4.69, 9.17) is 0 Å².